The van der Waals surface area contributed by atoms with E-state index in [0.29, 0.717) is 18.1 Å². The van der Waals surface area contributed by atoms with Crippen LogP contribution in [0.5, 0.6) is 11.5 Å². The molecule has 0 heterocycles. The minimum Gasteiger partial charge on any atom is -0.490 e. The predicted octanol–water partition coefficient (Wildman–Crippen LogP) is 0.843. The van der Waals surface area contributed by atoms with Crippen LogP contribution in [0.15, 0.2) is 24.3 Å². The number of benzene rings is 1. The quantitative estimate of drug-likeness (QED) is 0.441. The number of hydrazine groups is 1. The molecule has 0 saturated carbocycles. The number of amides is 1. The second-order valence-corrected chi connectivity index (χ2v) is 3.15. The Bertz CT molecular complexity index is 355. The van der Waals surface area contributed by atoms with E-state index in [9.17, 15) is 4.79 Å². The molecule has 0 bridgehead atoms. The van der Waals surface area contributed by atoms with E-state index in [2.05, 4.69) is 0 Å². The Labute approximate surface area is 94.5 Å². The summed E-state index contributed by atoms with van der Waals surface area (Å²) in [5, 5.41) is 0. The molecule has 0 aromatic heterocycles. The molecule has 0 radical (unpaired) electrons. The topological polar surface area (TPSA) is 73.6 Å². The summed E-state index contributed by atoms with van der Waals surface area (Å²) in [7, 11) is 0. The van der Waals surface area contributed by atoms with E-state index >= 15 is 0 Å². The van der Waals surface area contributed by atoms with Crippen molar-refractivity contribution in [1.29, 1.82) is 0 Å². The van der Waals surface area contributed by atoms with Crippen LogP contribution < -0.4 is 20.7 Å². The molecule has 5 nitrogen and oxygen atoms in total. The minimum absolute atomic E-state index is 0.383. The van der Waals surface area contributed by atoms with Crippen LogP contribution in [0, 0.1) is 0 Å². The molecule has 0 aliphatic carbocycles. The van der Waals surface area contributed by atoms with E-state index in [1.807, 2.05) is 24.5 Å². The number of carbonyl (C=O) groups excluding carboxylic acids is 1. The molecule has 16 heavy (non-hydrogen) atoms. The van der Waals surface area contributed by atoms with Crippen molar-refractivity contribution in [1.82, 2.24) is 5.43 Å². The molecule has 3 N–H and O–H groups in total. The summed E-state index contributed by atoms with van der Waals surface area (Å²) in [6.07, 6.45) is -0.661. The third-order valence-electron chi connectivity index (χ3n) is 1.96. The zero-order chi connectivity index (χ0) is 12.0. The van der Waals surface area contributed by atoms with Gasteiger partial charge in [-0.2, -0.15) is 0 Å². The molecule has 1 atom stereocenters. The van der Waals surface area contributed by atoms with Crippen LogP contribution in [0.2, 0.25) is 0 Å². The zero-order valence-electron chi connectivity index (χ0n) is 9.40. The van der Waals surface area contributed by atoms with Crippen LogP contribution in [0.3, 0.4) is 0 Å². The molecule has 88 valence electrons. The molecule has 0 fully saturated rings. The van der Waals surface area contributed by atoms with E-state index in [-0.39, 0.29) is 5.91 Å². The maximum absolute atomic E-state index is 11.2. The number of nitrogens with one attached hydrogen (secondary N) is 1. The lowest BCUT2D eigenvalue weighted by molar-refractivity contribution is -0.127. The summed E-state index contributed by atoms with van der Waals surface area (Å²) in [5.74, 6) is 5.77. The van der Waals surface area contributed by atoms with Crippen molar-refractivity contribution in [2.24, 2.45) is 5.84 Å². The number of ether oxygens (including phenoxy) is 2. The van der Waals surface area contributed by atoms with Crippen molar-refractivity contribution in [3.8, 4) is 11.5 Å². The Morgan fingerprint density at radius 1 is 1.44 bits per heavy atom. The first-order valence-corrected chi connectivity index (χ1v) is 5.08. The minimum atomic E-state index is -0.661. The molecule has 1 amide bonds. The van der Waals surface area contributed by atoms with Crippen molar-refractivity contribution in [2.75, 3.05) is 6.61 Å². The van der Waals surface area contributed by atoms with Gasteiger partial charge in [0.15, 0.2) is 17.6 Å². The number of carbonyl (C=O) groups is 1. The maximum atomic E-state index is 11.2. The largest absolute Gasteiger partial charge is 0.490 e. The summed E-state index contributed by atoms with van der Waals surface area (Å²) < 4.78 is 10.8. The number of para-hydroxylation sites is 2. The van der Waals surface area contributed by atoms with E-state index in [1.54, 1.807) is 19.1 Å². The fraction of sp³-hybridized carbons (Fsp3) is 0.364. The third-order valence-corrected chi connectivity index (χ3v) is 1.96. The Kier molecular flexibility index (Phi) is 4.60. The molecular weight excluding hydrogens is 208 g/mol. The summed E-state index contributed by atoms with van der Waals surface area (Å²) >= 11 is 0. The SMILES string of the molecule is CCOc1ccccc1OC(C)C(=O)NN. The Morgan fingerprint density at radius 3 is 2.62 bits per heavy atom. The fourth-order valence-electron chi connectivity index (χ4n) is 1.18. The smallest absolute Gasteiger partial charge is 0.274 e. The van der Waals surface area contributed by atoms with Crippen molar-refractivity contribution < 1.29 is 14.3 Å². The van der Waals surface area contributed by atoms with Crippen LogP contribution in [0.25, 0.3) is 0 Å². The first kappa shape index (κ1) is 12.3. The summed E-state index contributed by atoms with van der Waals surface area (Å²) in [6, 6.07) is 7.17. The zero-order valence-corrected chi connectivity index (χ0v) is 9.40. The van der Waals surface area contributed by atoms with Gasteiger partial charge < -0.3 is 9.47 Å². The Hall–Kier alpha value is -1.75. The normalized spacial score (nSPS) is 11.7. The second kappa shape index (κ2) is 5.97. The molecular formula is C11H16N2O3. The number of rotatable bonds is 5. The third kappa shape index (κ3) is 3.13. The van der Waals surface area contributed by atoms with Gasteiger partial charge in [0, 0.05) is 0 Å². The molecule has 0 aliphatic heterocycles. The lowest BCUT2D eigenvalue weighted by atomic mass is 10.3. The highest BCUT2D eigenvalue weighted by Gasteiger charge is 2.15. The van der Waals surface area contributed by atoms with E-state index < -0.39 is 6.10 Å². The monoisotopic (exact) mass is 224 g/mol. The second-order valence-electron chi connectivity index (χ2n) is 3.15. The van der Waals surface area contributed by atoms with Gasteiger partial charge in [0.25, 0.3) is 5.91 Å². The molecule has 1 rings (SSSR count). The first-order chi connectivity index (χ1) is 7.69. The molecule has 0 spiro atoms. The van der Waals surface area contributed by atoms with Crippen LogP contribution >= 0.6 is 0 Å². The van der Waals surface area contributed by atoms with E-state index in [4.69, 9.17) is 15.3 Å². The van der Waals surface area contributed by atoms with Gasteiger partial charge in [-0.15, -0.1) is 0 Å². The van der Waals surface area contributed by atoms with Gasteiger partial charge in [0.2, 0.25) is 0 Å². The van der Waals surface area contributed by atoms with Gasteiger partial charge in [-0.3, -0.25) is 10.2 Å². The van der Waals surface area contributed by atoms with Crippen LogP contribution in [-0.2, 0) is 4.79 Å². The summed E-state index contributed by atoms with van der Waals surface area (Å²) in [5.41, 5.74) is 2.03. The fourth-order valence-corrected chi connectivity index (χ4v) is 1.18. The van der Waals surface area contributed by atoms with Crippen molar-refractivity contribution in [3.05, 3.63) is 24.3 Å². The average Bonchev–Trinajstić information content (AvgIpc) is 2.31. The van der Waals surface area contributed by atoms with E-state index in [0.717, 1.165) is 0 Å². The first-order valence-electron chi connectivity index (χ1n) is 5.08. The van der Waals surface area contributed by atoms with Crippen LogP contribution in [0.1, 0.15) is 13.8 Å². The highest BCUT2D eigenvalue weighted by atomic mass is 16.5. The van der Waals surface area contributed by atoms with Gasteiger partial charge in [-0.05, 0) is 26.0 Å². The maximum Gasteiger partial charge on any atom is 0.274 e. The lowest BCUT2D eigenvalue weighted by Crippen LogP contribution is -2.40. The molecule has 0 saturated heterocycles. The number of hydrogen-bond donors (Lipinski definition) is 2. The Balaban J connectivity index is 2.75. The average molecular weight is 224 g/mol. The van der Waals surface area contributed by atoms with Gasteiger partial charge in [0.05, 0.1) is 6.61 Å². The van der Waals surface area contributed by atoms with Crippen molar-refractivity contribution in [2.45, 2.75) is 20.0 Å². The van der Waals surface area contributed by atoms with Crippen molar-refractivity contribution >= 4 is 5.91 Å². The van der Waals surface area contributed by atoms with Crippen molar-refractivity contribution in [3.63, 3.8) is 0 Å². The van der Waals surface area contributed by atoms with Crippen LogP contribution in [-0.4, -0.2) is 18.6 Å². The highest BCUT2D eigenvalue weighted by Crippen LogP contribution is 2.27. The molecule has 5 heteroatoms. The Morgan fingerprint density at radius 2 is 2.06 bits per heavy atom. The number of hydrogen-bond acceptors (Lipinski definition) is 4. The van der Waals surface area contributed by atoms with Gasteiger partial charge >= 0.3 is 0 Å². The van der Waals surface area contributed by atoms with E-state index in [1.165, 1.54) is 0 Å². The predicted molar refractivity (Wildman–Crippen MR) is 60.0 cm³/mol. The highest BCUT2D eigenvalue weighted by molar-refractivity contribution is 5.80. The number of nitrogens with two attached hydrogens (primary N) is 1. The summed E-state index contributed by atoms with van der Waals surface area (Å²) in [6.45, 7) is 4.04. The molecule has 1 unspecified atom stereocenters. The molecule has 0 aliphatic rings. The van der Waals surface area contributed by atoms with Crippen LogP contribution in [0.4, 0.5) is 0 Å². The van der Waals surface area contributed by atoms with Gasteiger partial charge in [-0.25, -0.2) is 5.84 Å². The van der Waals surface area contributed by atoms with Gasteiger partial charge in [-0.1, -0.05) is 12.1 Å². The standard InChI is InChI=1S/C11H16N2O3/c1-3-15-9-6-4-5-7-10(9)16-8(2)11(14)13-12/h4-8H,3,12H2,1-2H3,(H,13,14). The summed E-state index contributed by atoms with van der Waals surface area (Å²) in [4.78, 5) is 11.2. The molecule has 1 aromatic carbocycles. The molecule has 1 aromatic rings. The lowest BCUT2D eigenvalue weighted by Gasteiger charge is -2.15. The van der Waals surface area contributed by atoms with Gasteiger partial charge in [0.1, 0.15) is 0 Å².